The summed E-state index contributed by atoms with van der Waals surface area (Å²) < 4.78 is 105. The van der Waals surface area contributed by atoms with Gasteiger partial charge in [-0.1, -0.05) is 0 Å². The monoisotopic (exact) mass is 369 g/mol. The van der Waals surface area contributed by atoms with Crippen LogP contribution in [0.15, 0.2) is 0 Å². The molecule has 0 aliphatic rings. The molecular weight excluding hydrogens is 366 g/mol. The van der Waals surface area contributed by atoms with E-state index in [1.165, 1.54) is 0 Å². The summed E-state index contributed by atoms with van der Waals surface area (Å²) in [6.45, 7) is -2.72. The van der Waals surface area contributed by atoms with Gasteiger partial charge in [-0.2, -0.15) is 30.7 Å². The van der Waals surface area contributed by atoms with Crippen molar-refractivity contribution in [3.05, 3.63) is 33.1 Å². The normalized spacial score (nSPS) is 12.2. The van der Waals surface area contributed by atoms with E-state index in [2.05, 4.69) is 4.74 Å². The van der Waals surface area contributed by atoms with Gasteiger partial charge < -0.3 is 9.84 Å². The van der Waals surface area contributed by atoms with Crippen LogP contribution in [0.4, 0.5) is 40.8 Å². The molecule has 0 radical (unpaired) electrons. The number of nitro groups is 1. The molecule has 134 valence electrons. The number of carbonyl (C=O) groups is 1. The van der Waals surface area contributed by atoms with Crippen LogP contribution < -0.4 is 4.74 Å². The molecule has 0 saturated heterocycles. The molecule has 0 fully saturated rings. The van der Waals surface area contributed by atoms with Crippen LogP contribution >= 0.6 is 0 Å². The number of rotatable bonds is 5. The van der Waals surface area contributed by atoms with Gasteiger partial charge in [-0.15, -0.1) is 0 Å². The van der Waals surface area contributed by atoms with Gasteiger partial charge in [0.2, 0.25) is 11.6 Å². The first-order valence-electron chi connectivity index (χ1n) is 5.37. The highest BCUT2D eigenvalue weighted by Crippen LogP contribution is 2.39. The predicted octanol–water partition coefficient (Wildman–Crippen LogP) is 3.29. The number of ether oxygens (including phenoxy) is 1. The standard InChI is InChI=1S/C10H3F8NO5/c11-3-2(8(20)21)6(19(22)23)4(12)5(13)7(3)24-1-9(14,15)10(16,17)18/h1H2,(H,20,21). The quantitative estimate of drug-likeness (QED) is 0.372. The zero-order valence-electron chi connectivity index (χ0n) is 10.8. The Bertz CT molecular complexity index is 702. The summed E-state index contributed by atoms with van der Waals surface area (Å²) in [6, 6.07) is 0. The fraction of sp³-hybridized carbons (Fsp3) is 0.300. The van der Waals surface area contributed by atoms with Crippen molar-refractivity contribution < 1.29 is 54.7 Å². The van der Waals surface area contributed by atoms with Gasteiger partial charge >= 0.3 is 23.8 Å². The number of benzene rings is 1. The van der Waals surface area contributed by atoms with Crippen molar-refractivity contribution in [1.82, 2.24) is 0 Å². The molecule has 1 aromatic rings. The molecule has 0 aromatic heterocycles. The van der Waals surface area contributed by atoms with Crippen LogP contribution in [0.25, 0.3) is 0 Å². The van der Waals surface area contributed by atoms with Crippen molar-refractivity contribution >= 4 is 11.7 Å². The number of halogens is 8. The summed E-state index contributed by atoms with van der Waals surface area (Å²) in [5.74, 6) is -18.2. The van der Waals surface area contributed by atoms with Gasteiger partial charge in [0.15, 0.2) is 23.7 Å². The van der Waals surface area contributed by atoms with E-state index >= 15 is 0 Å². The Morgan fingerprint density at radius 3 is 1.96 bits per heavy atom. The van der Waals surface area contributed by atoms with E-state index in [-0.39, 0.29) is 0 Å². The number of nitrogens with zero attached hydrogens (tertiary/aromatic N) is 1. The van der Waals surface area contributed by atoms with Gasteiger partial charge in [0.1, 0.15) is 0 Å². The van der Waals surface area contributed by atoms with Crippen molar-refractivity contribution in [2.75, 3.05) is 6.61 Å². The maximum Gasteiger partial charge on any atom is 0.456 e. The van der Waals surface area contributed by atoms with Gasteiger partial charge in [-0.05, 0) is 0 Å². The van der Waals surface area contributed by atoms with Gasteiger partial charge in [-0.25, -0.2) is 9.18 Å². The Balaban J connectivity index is 3.47. The highest BCUT2D eigenvalue weighted by Gasteiger charge is 2.58. The fourth-order valence-corrected chi connectivity index (χ4v) is 1.37. The molecule has 1 aromatic carbocycles. The topological polar surface area (TPSA) is 89.7 Å². The van der Waals surface area contributed by atoms with Gasteiger partial charge in [0.05, 0.1) is 4.92 Å². The molecular formula is C10H3F8NO5. The number of hydrogen-bond donors (Lipinski definition) is 1. The SMILES string of the molecule is O=C(O)c1c(F)c(OCC(F)(F)C(F)(F)F)c(F)c(F)c1[N+](=O)[O-]. The Labute approximate surface area is 125 Å². The predicted molar refractivity (Wildman–Crippen MR) is 56.4 cm³/mol. The average molecular weight is 369 g/mol. The molecule has 6 nitrogen and oxygen atoms in total. The molecule has 0 amide bonds. The number of carboxylic acid groups (broad SMARTS) is 1. The van der Waals surface area contributed by atoms with Gasteiger partial charge in [0.25, 0.3) is 0 Å². The Hall–Kier alpha value is -2.67. The second-order valence-electron chi connectivity index (χ2n) is 4.05. The molecule has 14 heteroatoms. The van der Waals surface area contributed by atoms with Crippen molar-refractivity contribution in [2.45, 2.75) is 12.1 Å². The summed E-state index contributed by atoms with van der Waals surface area (Å²) in [7, 11) is 0. The molecule has 0 saturated carbocycles. The number of aromatic carboxylic acids is 1. The lowest BCUT2D eigenvalue weighted by Crippen LogP contribution is -2.42. The lowest BCUT2D eigenvalue weighted by atomic mass is 10.1. The number of hydrogen-bond acceptors (Lipinski definition) is 4. The Morgan fingerprint density at radius 1 is 1.08 bits per heavy atom. The summed E-state index contributed by atoms with van der Waals surface area (Å²) in [5, 5.41) is 19.0. The van der Waals surface area contributed by atoms with E-state index in [0.717, 1.165) is 0 Å². The van der Waals surface area contributed by atoms with E-state index in [1.807, 2.05) is 0 Å². The smallest absolute Gasteiger partial charge is 0.456 e. The van der Waals surface area contributed by atoms with E-state index < -0.39 is 64.1 Å². The molecule has 0 aliphatic carbocycles. The van der Waals surface area contributed by atoms with Gasteiger partial charge in [0, 0.05) is 0 Å². The summed E-state index contributed by atoms with van der Waals surface area (Å²) >= 11 is 0. The van der Waals surface area contributed by atoms with Crippen LogP contribution in [-0.2, 0) is 0 Å². The largest absolute Gasteiger partial charge is 0.481 e. The molecule has 0 unspecified atom stereocenters. The van der Waals surface area contributed by atoms with Crippen LogP contribution in [-0.4, -0.2) is 34.7 Å². The molecule has 0 heterocycles. The van der Waals surface area contributed by atoms with Crippen LogP contribution in [0.2, 0.25) is 0 Å². The Kier molecular flexibility index (Phi) is 4.91. The van der Waals surface area contributed by atoms with Crippen LogP contribution in [0.3, 0.4) is 0 Å². The molecule has 1 N–H and O–H groups in total. The molecule has 0 aliphatic heterocycles. The van der Waals surface area contributed by atoms with Crippen LogP contribution in [0.5, 0.6) is 5.75 Å². The number of carboxylic acids is 1. The third-order valence-electron chi connectivity index (χ3n) is 2.46. The highest BCUT2D eigenvalue weighted by atomic mass is 19.4. The second kappa shape index (κ2) is 6.09. The fourth-order valence-electron chi connectivity index (χ4n) is 1.37. The highest BCUT2D eigenvalue weighted by molar-refractivity contribution is 5.93. The average Bonchev–Trinajstić information content (AvgIpc) is 2.40. The zero-order chi connectivity index (χ0) is 19.0. The first-order chi connectivity index (χ1) is 10.7. The van der Waals surface area contributed by atoms with E-state index in [4.69, 9.17) is 5.11 Å². The van der Waals surface area contributed by atoms with Gasteiger partial charge in [-0.3, -0.25) is 10.1 Å². The maximum absolute atomic E-state index is 13.7. The summed E-state index contributed by atoms with van der Waals surface area (Å²) in [5.41, 5.74) is -4.29. The minimum Gasteiger partial charge on any atom is -0.481 e. The molecule has 0 atom stereocenters. The van der Waals surface area contributed by atoms with E-state index in [0.29, 0.717) is 0 Å². The van der Waals surface area contributed by atoms with Crippen LogP contribution in [0.1, 0.15) is 10.4 Å². The third kappa shape index (κ3) is 3.30. The van der Waals surface area contributed by atoms with Crippen molar-refractivity contribution in [1.29, 1.82) is 0 Å². The summed E-state index contributed by atoms with van der Waals surface area (Å²) in [6.07, 6.45) is -6.19. The van der Waals surface area contributed by atoms with E-state index in [1.54, 1.807) is 0 Å². The minimum absolute atomic E-state index is 1.82. The first kappa shape index (κ1) is 19.4. The molecule has 0 spiro atoms. The lowest BCUT2D eigenvalue weighted by molar-refractivity contribution is -0.388. The maximum atomic E-state index is 13.7. The molecule has 24 heavy (non-hydrogen) atoms. The zero-order valence-corrected chi connectivity index (χ0v) is 10.8. The molecule has 0 bridgehead atoms. The van der Waals surface area contributed by atoms with E-state index in [9.17, 15) is 50.0 Å². The third-order valence-corrected chi connectivity index (χ3v) is 2.46. The van der Waals surface area contributed by atoms with Crippen molar-refractivity contribution in [2.24, 2.45) is 0 Å². The Morgan fingerprint density at radius 2 is 1.58 bits per heavy atom. The van der Waals surface area contributed by atoms with Crippen molar-refractivity contribution in [3.63, 3.8) is 0 Å². The van der Waals surface area contributed by atoms with Crippen LogP contribution in [0, 0.1) is 27.6 Å². The molecule has 1 rings (SSSR count). The lowest BCUT2D eigenvalue weighted by Gasteiger charge is -2.20. The van der Waals surface area contributed by atoms with Crippen molar-refractivity contribution in [3.8, 4) is 5.75 Å². The first-order valence-corrected chi connectivity index (χ1v) is 5.37. The summed E-state index contributed by atoms with van der Waals surface area (Å²) in [4.78, 5) is 19.4. The minimum atomic E-state index is -6.19. The number of alkyl halides is 5. The second-order valence-corrected chi connectivity index (χ2v) is 4.05. The number of nitro benzene ring substituents is 1.